The van der Waals surface area contributed by atoms with E-state index in [1.165, 1.54) is 77.0 Å². The second kappa shape index (κ2) is 20.5. The first kappa shape index (κ1) is 25.2. The van der Waals surface area contributed by atoms with Gasteiger partial charge in [-0.1, -0.05) is 77.0 Å². The average molecular weight is 368 g/mol. The van der Waals surface area contributed by atoms with Gasteiger partial charge in [-0.25, -0.2) is 0 Å². The molecule has 0 radical (unpaired) electrons. The summed E-state index contributed by atoms with van der Waals surface area (Å²) in [7, 11) is 0. The zero-order chi connectivity index (χ0) is 19.3. The second-order valence-electron chi connectivity index (χ2n) is 7.33. The van der Waals surface area contributed by atoms with E-state index in [-0.39, 0.29) is 13.2 Å². The van der Waals surface area contributed by atoms with E-state index < -0.39 is 0 Å². The summed E-state index contributed by atoms with van der Waals surface area (Å²) in [5, 5.41) is 18.1. The molecule has 154 valence electrons. The summed E-state index contributed by atoms with van der Waals surface area (Å²) < 4.78 is 0. The van der Waals surface area contributed by atoms with E-state index >= 15 is 0 Å². The summed E-state index contributed by atoms with van der Waals surface area (Å²) in [6.45, 7) is 7.74. The van der Waals surface area contributed by atoms with Crippen LogP contribution in [0.3, 0.4) is 0 Å². The molecule has 3 heteroatoms. The van der Waals surface area contributed by atoms with E-state index in [1.807, 2.05) is 4.90 Å². The lowest BCUT2D eigenvalue weighted by Gasteiger charge is -2.25. The number of hydrogen-bond donors (Lipinski definition) is 2. The summed E-state index contributed by atoms with van der Waals surface area (Å²) in [6, 6.07) is 0. The highest BCUT2D eigenvalue weighted by Gasteiger charge is 2.05. The largest absolute Gasteiger partial charge is 0.395 e. The highest BCUT2D eigenvalue weighted by Crippen LogP contribution is 2.14. The molecule has 0 aliphatic rings. The van der Waals surface area contributed by atoms with Crippen LogP contribution >= 0.6 is 0 Å². The molecular weight excluding hydrogens is 322 g/mol. The molecule has 0 saturated heterocycles. The average Bonchev–Trinajstić information content (AvgIpc) is 2.64. The van der Waals surface area contributed by atoms with Crippen molar-refractivity contribution in [2.24, 2.45) is 0 Å². The smallest absolute Gasteiger partial charge is 0.0606 e. The van der Waals surface area contributed by atoms with Gasteiger partial charge in [0.05, 0.1) is 13.2 Å². The lowest BCUT2D eigenvalue weighted by molar-refractivity contribution is 0.185. The van der Waals surface area contributed by atoms with Crippen LogP contribution in [-0.4, -0.2) is 41.4 Å². The van der Waals surface area contributed by atoms with Crippen molar-refractivity contribution in [1.29, 1.82) is 0 Å². The molecular formula is C23H45NO2. The summed E-state index contributed by atoms with van der Waals surface area (Å²) in [5.74, 6) is 0. The Hall–Kier alpha value is -0.800. The van der Waals surface area contributed by atoms with Gasteiger partial charge in [-0.05, 0) is 38.5 Å². The number of nitrogens with zero attached hydrogens (tertiary/aromatic N) is 1. The van der Waals surface area contributed by atoms with Crippen LogP contribution < -0.4 is 0 Å². The Kier molecular flexibility index (Phi) is 19.9. The maximum Gasteiger partial charge on any atom is 0.0606 e. The van der Waals surface area contributed by atoms with Gasteiger partial charge in [0.2, 0.25) is 0 Å². The van der Waals surface area contributed by atoms with E-state index in [0.29, 0.717) is 13.1 Å². The van der Waals surface area contributed by atoms with Gasteiger partial charge in [-0.3, -0.25) is 0 Å². The van der Waals surface area contributed by atoms with Crippen LogP contribution in [0.5, 0.6) is 0 Å². The van der Waals surface area contributed by atoms with Crippen LogP contribution in [0.15, 0.2) is 24.4 Å². The Morgan fingerprint density at radius 2 is 1.19 bits per heavy atom. The van der Waals surface area contributed by atoms with Crippen LogP contribution in [0.1, 0.15) is 96.8 Å². The lowest BCUT2D eigenvalue weighted by atomic mass is 10.1. The standard InChI is InChI=1S/C23H45NO2/c1-3-4-5-6-7-8-9-10-11-12-13-14-15-16-17-18-23(2)24(19-21-25)20-22-26/h10-11,25-26H,2-9,12-22H2,1H3/b11-10-. The molecule has 0 aliphatic heterocycles. The summed E-state index contributed by atoms with van der Waals surface area (Å²) in [4.78, 5) is 1.99. The van der Waals surface area contributed by atoms with Crippen molar-refractivity contribution in [2.75, 3.05) is 26.3 Å². The molecule has 0 unspecified atom stereocenters. The topological polar surface area (TPSA) is 43.7 Å². The van der Waals surface area contributed by atoms with Crippen molar-refractivity contribution in [2.45, 2.75) is 96.8 Å². The minimum Gasteiger partial charge on any atom is -0.395 e. The fourth-order valence-electron chi connectivity index (χ4n) is 3.23. The molecule has 0 amide bonds. The normalized spacial score (nSPS) is 11.3. The third kappa shape index (κ3) is 16.7. The maximum absolute atomic E-state index is 9.05. The van der Waals surface area contributed by atoms with Crippen LogP contribution in [0.25, 0.3) is 0 Å². The van der Waals surface area contributed by atoms with Gasteiger partial charge in [-0.2, -0.15) is 0 Å². The SMILES string of the molecule is C=C(CCCCCCC/C=C\CCCCCCCC)N(CCO)CCO. The fraction of sp³-hybridized carbons (Fsp3) is 0.826. The molecule has 0 saturated carbocycles. The highest BCUT2D eigenvalue weighted by molar-refractivity contribution is 4.93. The van der Waals surface area contributed by atoms with Crippen molar-refractivity contribution >= 4 is 0 Å². The Morgan fingerprint density at radius 1 is 0.731 bits per heavy atom. The summed E-state index contributed by atoms with van der Waals surface area (Å²) in [6.07, 6.45) is 22.8. The molecule has 0 aromatic carbocycles. The predicted octanol–water partition coefficient (Wildman–Crippen LogP) is 5.82. The predicted molar refractivity (Wildman–Crippen MR) is 114 cm³/mol. The lowest BCUT2D eigenvalue weighted by Crippen LogP contribution is -2.28. The van der Waals surface area contributed by atoms with Gasteiger partial charge in [0.1, 0.15) is 0 Å². The minimum atomic E-state index is 0.116. The molecule has 0 bridgehead atoms. The second-order valence-corrected chi connectivity index (χ2v) is 7.33. The molecule has 0 rings (SSSR count). The summed E-state index contributed by atoms with van der Waals surface area (Å²) >= 11 is 0. The fourth-order valence-corrected chi connectivity index (χ4v) is 3.23. The van der Waals surface area contributed by atoms with Gasteiger partial charge >= 0.3 is 0 Å². The van der Waals surface area contributed by atoms with Gasteiger partial charge in [0.25, 0.3) is 0 Å². The van der Waals surface area contributed by atoms with Crippen LogP contribution in [0, 0.1) is 0 Å². The molecule has 0 spiro atoms. The summed E-state index contributed by atoms with van der Waals surface area (Å²) in [5.41, 5.74) is 1.05. The van der Waals surface area contributed by atoms with E-state index in [1.54, 1.807) is 0 Å². The number of rotatable bonds is 20. The van der Waals surface area contributed by atoms with Crippen molar-refractivity contribution < 1.29 is 10.2 Å². The number of hydrogen-bond acceptors (Lipinski definition) is 3. The quantitative estimate of drug-likeness (QED) is 0.210. The van der Waals surface area contributed by atoms with Gasteiger partial charge in [0, 0.05) is 18.8 Å². The van der Waals surface area contributed by atoms with Crippen molar-refractivity contribution in [3.8, 4) is 0 Å². The Bertz CT molecular complexity index is 322. The molecule has 0 fully saturated rings. The van der Waals surface area contributed by atoms with Crippen molar-refractivity contribution in [3.63, 3.8) is 0 Å². The van der Waals surface area contributed by atoms with Crippen molar-refractivity contribution in [1.82, 2.24) is 4.90 Å². The zero-order valence-electron chi connectivity index (χ0n) is 17.4. The van der Waals surface area contributed by atoms with Gasteiger partial charge in [0.15, 0.2) is 0 Å². The third-order valence-electron chi connectivity index (χ3n) is 4.91. The molecule has 0 heterocycles. The molecule has 3 nitrogen and oxygen atoms in total. The molecule has 2 N–H and O–H groups in total. The first-order chi connectivity index (χ1) is 12.8. The number of allylic oxidation sites excluding steroid dienone is 3. The highest BCUT2D eigenvalue weighted by atomic mass is 16.3. The van der Waals surface area contributed by atoms with Crippen LogP contribution in [0.2, 0.25) is 0 Å². The molecule has 0 aromatic rings. The van der Waals surface area contributed by atoms with E-state index in [9.17, 15) is 0 Å². The third-order valence-corrected chi connectivity index (χ3v) is 4.91. The number of aliphatic hydroxyl groups excluding tert-OH is 2. The Labute approximate surface area is 163 Å². The Morgan fingerprint density at radius 3 is 1.69 bits per heavy atom. The Balaban J connectivity index is 3.39. The first-order valence-corrected chi connectivity index (χ1v) is 11.1. The molecule has 0 aliphatic carbocycles. The number of aliphatic hydroxyl groups is 2. The first-order valence-electron chi connectivity index (χ1n) is 11.1. The van der Waals surface area contributed by atoms with Crippen LogP contribution in [-0.2, 0) is 0 Å². The van der Waals surface area contributed by atoms with Crippen LogP contribution in [0.4, 0.5) is 0 Å². The molecule has 0 aromatic heterocycles. The van der Waals surface area contributed by atoms with E-state index in [0.717, 1.165) is 18.5 Å². The van der Waals surface area contributed by atoms with Gasteiger partial charge < -0.3 is 15.1 Å². The molecule has 26 heavy (non-hydrogen) atoms. The zero-order valence-corrected chi connectivity index (χ0v) is 17.4. The van der Waals surface area contributed by atoms with E-state index in [2.05, 4.69) is 25.7 Å². The molecule has 0 atom stereocenters. The number of unbranched alkanes of at least 4 members (excludes halogenated alkanes) is 11. The maximum atomic E-state index is 9.05. The van der Waals surface area contributed by atoms with E-state index in [4.69, 9.17) is 10.2 Å². The minimum absolute atomic E-state index is 0.116. The van der Waals surface area contributed by atoms with Gasteiger partial charge in [-0.15, -0.1) is 0 Å². The van der Waals surface area contributed by atoms with Crippen molar-refractivity contribution in [3.05, 3.63) is 24.4 Å². The monoisotopic (exact) mass is 367 g/mol.